The molecule has 5 nitrogen and oxygen atoms in total. The highest BCUT2D eigenvalue weighted by molar-refractivity contribution is 5.78. The monoisotopic (exact) mass is 264 g/mol. The first-order valence-corrected chi connectivity index (χ1v) is 6.46. The maximum Gasteiger partial charge on any atom is 0.234 e. The smallest absolute Gasteiger partial charge is 0.234 e. The fraction of sp³-hybridized carbons (Fsp3) is 0.500. The number of hydrogen-bond acceptors (Lipinski definition) is 4. The topological polar surface area (TPSA) is 59.6 Å². The largest absolute Gasteiger partial charge is 0.383 e. The van der Waals surface area contributed by atoms with Crippen LogP contribution in [-0.4, -0.2) is 39.3 Å². The van der Waals surface area contributed by atoms with Crippen molar-refractivity contribution in [1.29, 1.82) is 0 Å². The van der Waals surface area contributed by atoms with Gasteiger partial charge < -0.3 is 14.8 Å². The molecule has 0 saturated carbocycles. The fourth-order valence-electron chi connectivity index (χ4n) is 2.12. The summed E-state index contributed by atoms with van der Waals surface area (Å²) in [6.07, 6.45) is 0. The number of hydrogen-bond donors (Lipinski definition) is 2. The number of rotatable bonds is 6. The highest BCUT2D eigenvalue weighted by Crippen LogP contribution is 2.23. The van der Waals surface area contributed by atoms with E-state index >= 15 is 0 Å². The van der Waals surface area contributed by atoms with Crippen LogP contribution in [0.4, 0.5) is 0 Å². The highest BCUT2D eigenvalue weighted by Gasteiger charge is 2.20. The number of carbonyl (C=O) groups is 1. The van der Waals surface area contributed by atoms with Crippen LogP contribution in [0.1, 0.15) is 17.2 Å². The molecule has 19 heavy (non-hydrogen) atoms. The average molecular weight is 264 g/mol. The Bertz CT molecular complexity index is 423. The molecule has 0 spiro atoms. The molecule has 5 heteroatoms. The third-order valence-corrected chi connectivity index (χ3v) is 3.11. The SMILES string of the molecule is COCCNC(=O)CNC1COCc2ccccc21. The van der Waals surface area contributed by atoms with E-state index in [0.29, 0.717) is 26.4 Å². The van der Waals surface area contributed by atoms with Crippen molar-refractivity contribution in [3.05, 3.63) is 35.4 Å². The van der Waals surface area contributed by atoms with Gasteiger partial charge in [-0.25, -0.2) is 0 Å². The van der Waals surface area contributed by atoms with Gasteiger partial charge in [-0.3, -0.25) is 10.1 Å². The molecule has 1 aromatic rings. The van der Waals surface area contributed by atoms with Gasteiger partial charge in [0.2, 0.25) is 5.91 Å². The number of fused-ring (bicyclic) bond motifs is 1. The van der Waals surface area contributed by atoms with Gasteiger partial charge in [-0.1, -0.05) is 24.3 Å². The minimum Gasteiger partial charge on any atom is -0.383 e. The second-order valence-corrected chi connectivity index (χ2v) is 4.49. The molecule has 2 N–H and O–H groups in total. The third-order valence-electron chi connectivity index (χ3n) is 3.11. The number of amides is 1. The molecule has 104 valence electrons. The van der Waals surface area contributed by atoms with Crippen LogP contribution in [-0.2, 0) is 20.9 Å². The predicted molar refractivity (Wildman–Crippen MR) is 71.7 cm³/mol. The second kappa shape index (κ2) is 7.23. The van der Waals surface area contributed by atoms with Gasteiger partial charge in [-0.2, -0.15) is 0 Å². The van der Waals surface area contributed by atoms with Gasteiger partial charge in [0.05, 0.1) is 32.4 Å². The van der Waals surface area contributed by atoms with Crippen molar-refractivity contribution < 1.29 is 14.3 Å². The molecule has 0 aromatic heterocycles. The number of benzene rings is 1. The lowest BCUT2D eigenvalue weighted by atomic mass is 9.99. The van der Waals surface area contributed by atoms with E-state index in [2.05, 4.69) is 22.8 Å². The normalized spacial score (nSPS) is 17.8. The van der Waals surface area contributed by atoms with Crippen LogP contribution < -0.4 is 10.6 Å². The maximum absolute atomic E-state index is 11.6. The van der Waals surface area contributed by atoms with E-state index in [-0.39, 0.29) is 18.5 Å². The number of ether oxygens (including phenoxy) is 2. The minimum atomic E-state index is -0.0277. The van der Waals surface area contributed by atoms with Crippen molar-refractivity contribution in [2.45, 2.75) is 12.6 Å². The summed E-state index contributed by atoms with van der Waals surface area (Å²) in [7, 11) is 1.61. The summed E-state index contributed by atoms with van der Waals surface area (Å²) in [6.45, 7) is 2.60. The molecule has 0 bridgehead atoms. The van der Waals surface area contributed by atoms with E-state index in [1.807, 2.05) is 12.1 Å². The van der Waals surface area contributed by atoms with Crippen LogP contribution in [0.25, 0.3) is 0 Å². The molecule has 0 saturated heterocycles. The number of carbonyl (C=O) groups excluding carboxylic acids is 1. The van der Waals surface area contributed by atoms with Crippen LogP contribution in [0.5, 0.6) is 0 Å². The Hall–Kier alpha value is -1.43. The zero-order valence-corrected chi connectivity index (χ0v) is 11.1. The average Bonchev–Trinajstić information content (AvgIpc) is 2.45. The van der Waals surface area contributed by atoms with Gasteiger partial charge in [0.15, 0.2) is 0 Å². The molecule has 1 aromatic carbocycles. The molecular formula is C14H20N2O3. The summed E-state index contributed by atoms with van der Waals surface area (Å²) in [5, 5.41) is 6.01. The molecule has 1 amide bonds. The summed E-state index contributed by atoms with van der Waals surface area (Å²) in [4.78, 5) is 11.6. The van der Waals surface area contributed by atoms with E-state index in [9.17, 15) is 4.79 Å². The Morgan fingerprint density at radius 1 is 1.47 bits per heavy atom. The molecule has 0 fully saturated rings. The number of methoxy groups -OCH3 is 1. The highest BCUT2D eigenvalue weighted by atomic mass is 16.5. The molecular weight excluding hydrogens is 244 g/mol. The fourth-order valence-corrected chi connectivity index (χ4v) is 2.12. The van der Waals surface area contributed by atoms with E-state index in [1.165, 1.54) is 11.1 Å². The van der Waals surface area contributed by atoms with Crippen LogP contribution >= 0.6 is 0 Å². The Morgan fingerprint density at radius 3 is 3.16 bits per heavy atom. The van der Waals surface area contributed by atoms with Gasteiger partial charge in [-0.15, -0.1) is 0 Å². The van der Waals surface area contributed by atoms with E-state index < -0.39 is 0 Å². The van der Waals surface area contributed by atoms with E-state index in [0.717, 1.165) is 0 Å². The Morgan fingerprint density at radius 2 is 2.32 bits per heavy atom. The first-order chi connectivity index (χ1) is 9.31. The second-order valence-electron chi connectivity index (χ2n) is 4.49. The molecule has 1 aliphatic rings. The zero-order valence-electron chi connectivity index (χ0n) is 11.1. The quantitative estimate of drug-likeness (QED) is 0.739. The summed E-state index contributed by atoms with van der Waals surface area (Å²) in [5.74, 6) is -0.0277. The van der Waals surface area contributed by atoms with Crippen molar-refractivity contribution in [2.75, 3.05) is 33.4 Å². The van der Waals surface area contributed by atoms with Crippen molar-refractivity contribution >= 4 is 5.91 Å². The summed E-state index contributed by atoms with van der Waals surface area (Å²) in [6, 6.07) is 8.23. The van der Waals surface area contributed by atoms with E-state index in [4.69, 9.17) is 9.47 Å². The van der Waals surface area contributed by atoms with Crippen LogP contribution in [0.15, 0.2) is 24.3 Å². The van der Waals surface area contributed by atoms with Crippen molar-refractivity contribution in [3.63, 3.8) is 0 Å². The third kappa shape index (κ3) is 4.02. The molecule has 0 radical (unpaired) electrons. The predicted octanol–water partition coefficient (Wildman–Crippen LogP) is 0.610. The van der Waals surface area contributed by atoms with Crippen molar-refractivity contribution in [3.8, 4) is 0 Å². The van der Waals surface area contributed by atoms with Crippen molar-refractivity contribution in [2.24, 2.45) is 0 Å². The summed E-state index contributed by atoms with van der Waals surface area (Å²) < 4.78 is 10.4. The van der Waals surface area contributed by atoms with Crippen molar-refractivity contribution in [1.82, 2.24) is 10.6 Å². The van der Waals surface area contributed by atoms with Gasteiger partial charge in [0.25, 0.3) is 0 Å². The standard InChI is InChI=1S/C14H20N2O3/c1-18-7-6-15-14(17)8-16-13-10-19-9-11-4-2-3-5-12(11)13/h2-5,13,16H,6-10H2,1H3,(H,15,17). The molecule has 2 rings (SSSR count). The van der Waals surface area contributed by atoms with Gasteiger partial charge >= 0.3 is 0 Å². The minimum absolute atomic E-state index is 0.0277. The Labute approximate surface area is 113 Å². The molecule has 1 unspecified atom stereocenters. The number of nitrogens with one attached hydrogen (secondary N) is 2. The molecule has 0 aliphatic carbocycles. The summed E-state index contributed by atoms with van der Waals surface area (Å²) in [5.41, 5.74) is 2.41. The van der Waals surface area contributed by atoms with E-state index in [1.54, 1.807) is 7.11 Å². The first-order valence-electron chi connectivity index (χ1n) is 6.46. The van der Waals surface area contributed by atoms with Crippen LogP contribution in [0, 0.1) is 0 Å². The Kier molecular flexibility index (Phi) is 5.32. The van der Waals surface area contributed by atoms with Crippen LogP contribution in [0.2, 0.25) is 0 Å². The lowest BCUT2D eigenvalue weighted by Gasteiger charge is -2.26. The maximum atomic E-state index is 11.6. The van der Waals surface area contributed by atoms with Gasteiger partial charge in [0.1, 0.15) is 0 Å². The molecule has 1 atom stereocenters. The van der Waals surface area contributed by atoms with Gasteiger partial charge in [-0.05, 0) is 11.1 Å². The summed E-state index contributed by atoms with van der Waals surface area (Å²) >= 11 is 0. The van der Waals surface area contributed by atoms with Crippen LogP contribution in [0.3, 0.4) is 0 Å². The lowest BCUT2D eigenvalue weighted by Crippen LogP contribution is -2.39. The molecule has 1 aliphatic heterocycles. The first kappa shape index (κ1) is 14.0. The van der Waals surface area contributed by atoms with Gasteiger partial charge in [0, 0.05) is 13.7 Å². The lowest BCUT2D eigenvalue weighted by molar-refractivity contribution is -0.120. The molecule has 1 heterocycles. The zero-order chi connectivity index (χ0) is 13.5. The Balaban J connectivity index is 1.82.